The number of carbonyl (C=O) groups is 1. The Morgan fingerprint density at radius 3 is 2.52 bits per heavy atom. The predicted octanol–water partition coefficient (Wildman–Crippen LogP) is 5.64. The quantitative estimate of drug-likeness (QED) is 0.595. The molecule has 0 bridgehead atoms. The van der Waals surface area contributed by atoms with Crippen LogP contribution in [-0.4, -0.2) is 18.5 Å². The van der Waals surface area contributed by atoms with E-state index in [1.807, 2.05) is 0 Å². The van der Waals surface area contributed by atoms with Crippen molar-refractivity contribution in [2.45, 2.75) is 51.6 Å². The molecule has 0 saturated heterocycles. The minimum absolute atomic E-state index is 0.0146. The highest BCUT2D eigenvalue weighted by Crippen LogP contribution is 2.40. The highest BCUT2D eigenvalue weighted by atomic mass is 16.1. The average Bonchev–Trinajstić information content (AvgIpc) is 3.23. The Bertz CT molecular complexity index is 974. The van der Waals surface area contributed by atoms with Crippen molar-refractivity contribution in [3.8, 4) is 0 Å². The van der Waals surface area contributed by atoms with Crippen LogP contribution >= 0.6 is 0 Å². The summed E-state index contributed by atoms with van der Waals surface area (Å²) in [5, 5.41) is 5.53. The molecule has 2 atom stereocenters. The number of benzene rings is 3. The lowest BCUT2D eigenvalue weighted by Gasteiger charge is -2.31. The zero-order chi connectivity index (χ0) is 20.2. The van der Waals surface area contributed by atoms with Gasteiger partial charge in [0, 0.05) is 37.1 Å². The summed E-state index contributed by atoms with van der Waals surface area (Å²) < 4.78 is 0. The first-order chi connectivity index (χ1) is 14.2. The summed E-state index contributed by atoms with van der Waals surface area (Å²) in [6.07, 6.45) is 3.66. The van der Waals surface area contributed by atoms with Gasteiger partial charge in [-0.05, 0) is 54.7 Å². The van der Waals surface area contributed by atoms with Crippen molar-refractivity contribution in [3.63, 3.8) is 0 Å². The fraction of sp³-hybridized carbons (Fsp3) is 0.346. The van der Waals surface area contributed by atoms with Crippen LogP contribution in [0, 0.1) is 0 Å². The van der Waals surface area contributed by atoms with Crippen molar-refractivity contribution in [2.24, 2.45) is 0 Å². The maximum absolute atomic E-state index is 11.1. The SMILES string of the molecule is CCN(c1cccc2ccccc12)C1CCC(c2ccc(CNC(C)=O)cc2)C1. The Morgan fingerprint density at radius 2 is 1.76 bits per heavy atom. The number of nitrogens with zero attached hydrogens (tertiary/aromatic N) is 1. The van der Waals surface area contributed by atoms with Gasteiger partial charge in [-0.1, -0.05) is 60.7 Å². The Balaban J connectivity index is 1.49. The minimum Gasteiger partial charge on any atom is -0.368 e. The summed E-state index contributed by atoms with van der Waals surface area (Å²) in [5.41, 5.74) is 3.94. The number of carbonyl (C=O) groups excluding carboxylic acids is 1. The molecule has 3 heteroatoms. The maximum atomic E-state index is 11.1. The van der Waals surface area contributed by atoms with Crippen molar-refractivity contribution in [3.05, 3.63) is 77.9 Å². The van der Waals surface area contributed by atoms with E-state index in [0.29, 0.717) is 18.5 Å². The lowest BCUT2D eigenvalue weighted by molar-refractivity contribution is -0.119. The van der Waals surface area contributed by atoms with Crippen molar-refractivity contribution < 1.29 is 4.79 Å². The molecule has 3 nitrogen and oxygen atoms in total. The van der Waals surface area contributed by atoms with Gasteiger partial charge in [-0.25, -0.2) is 0 Å². The molecular weight excluding hydrogens is 356 g/mol. The topological polar surface area (TPSA) is 32.3 Å². The van der Waals surface area contributed by atoms with Gasteiger partial charge in [0.15, 0.2) is 0 Å². The number of hydrogen-bond donors (Lipinski definition) is 1. The third kappa shape index (κ3) is 4.29. The van der Waals surface area contributed by atoms with Gasteiger partial charge in [-0.3, -0.25) is 4.79 Å². The van der Waals surface area contributed by atoms with Crippen molar-refractivity contribution in [1.29, 1.82) is 0 Å². The zero-order valence-electron chi connectivity index (χ0n) is 17.4. The first-order valence-corrected chi connectivity index (χ1v) is 10.7. The first-order valence-electron chi connectivity index (χ1n) is 10.7. The van der Waals surface area contributed by atoms with Gasteiger partial charge in [-0.2, -0.15) is 0 Å². The molecule has 0 radical (unpaired) electrons. The molecular formula is C26H30N2O. The number of anilines is 1. The molecule has 29 heavy (non-hydrogen) atoms. The fourth-order valence-electron chi connectivity index (χ4n) is 4.76. The second-order valence-corrected chi connectivity index (χ2v) is 8.10. The second-order valence-electron chi connectivity index (χ2n) is 8.10. The number of rotatable bonds is 6. The Labute approximate surface area is 173 Å². The average molecular weight is 387 g/mol. The summed E-state index contributed by atoms with van der Waals surface area (Å²) >= 11 is 0. The van der Waals surface area contributed by atoms with E-state index in [4.69, 9.17) is 0 Å². The van der Waals surface area contributed by atoms with Crippen molar-refractivity contribution in [1.82, 2.24) is 5.32 Å². The Hall–Kier alpha value is -2.81. The molecule has 0 heterocycles. The molecule has 4 rings (SSSR count). The molecule has 150 valence electrons. The Kier molecular flexibility index (Phi) is 5.84. The lowest BCUT2D eigenvalue weighted by Crippen LogP contribution is -2.33. The van der Waals surface area contributed by atoms with E-state index in [1.54, 1.807) is 6.92 Å². The number of fused-ring (bicyclic) bond motifs is 1. The fourth-order valence-corrected chi connectivity index (χ4v) is 4.76. The monoisotopic (exact) mass is 386 g/mol. The molecule has 2 unspecified atom stereocenters. The van der Waals surface area contributed by atoms with Crippen LogP contribution in [0.2, 0.25) is 0 Å². The van der Waals surface area contributed by atoms with Crippen LogP contribution in [0.25, 0.3) is 10.8 Å². The van der Waals surface area contributed by atoms with E-state index < -0.39 is 0 Å². The third-order valence-electron chi connectivity index (χ3n) is 6.26. The van der Waals surface area contributed by atoms with Crippen LogP contribution in [0.1, 0.15) is 50.2 Å². The van der Waals surface area contributed by atoms with Crippen LogP contribution in [-0.2, 0) is 11.3 Å². The van der Waals surface area contributed by atoms with Gasteiger partial charge in [0.05, 0.1) is 0 Å². The molecule has 1 aliphatic carbocycles. The summed E-state index contributed by atoms with van der Waals surface area (Å²) in [5.74, 6) is 0.625. The van der Waals surface area contributed by atoms with Gasteiger partial charge >= 0.3 is 0 Å². The van der Waals surface area contributed by atoms with Crippen LogP contribution < -0.4 is 10.2 Å². The molecule has 1 saturated carbocycles. The van der Waals surface area contributed by atoms with Crippen molar-refractivity contribution >= 4 is 22.4 Å². The highest BCUT2D eigenvalue weighted by Gasteiger charge is 2.30. The molecule has 3 aromatic carbocycles. The molecule has 1 amide bonds. The van der Waals surface area contributed by atoms with Crippen LogP contribution in [0.4, 0.5) is 5.69 Å². The molecule has 1 fully saturated rings. The predicted molar refractivity (Wildman–Crippen MR) is 121 cm³/mol. The van der Waals surface area contributed by atoms with Crippen LogP contribution in [0.5, 0.6) is 0 Å². The summed E-state index contributed by atoms with van der Waals surface area (Å²) in [4.78, 5) is 13.7. The van der Waals surface area contributed by atoms with Gasteiger partial charge in [0.25, 0.3) is 0 Å². The summed E-state index contributed by atoms with van der Waals surface area (Å²) in [6.45, 7) is 5.46. The molecule has 0 spiro atoms. The molecule has 3 aromatic rings. The van der Waals surface area contributed by atoms with Crippen LogP contribution in [0.3, 0.4) is 0 Å². The largest absolute Gasteiger partial charge is 0.368 e. The standard InChI is InChI=1S/C26H30N2O/c1-3-28(26-10-6-8-22-7-4-5-9-25(22)26)24-16-15-23(17-24)21-13-11-20(12-14-21)18-27-19(2)29/h4-14,23-24H,3,15-18H2,1-2H3,(H,27,29). The van der Waals surface area contributed by atoms with E-state index in [9.17, 15) is 4.79 Å². The number of nitrogens with one attached hydrogen (secondary N) is 1. The van der Waals surface area contributed by atoms with Crippen LogP contribution in [0.15, 0.2) is 66.7 Å². The molecule has 0 aromatic heterocycles. The van der Waals surface area contributed by atoms with E-state index in [-0.39, 0.29) is 5.91 Å². The van der Waals surface area contributed by atoms with Crippen molar-refractivity contribution in [2.75, 3.05) is 11.4 Å². The summed E-state index contributed by atoms with van der Waals surface area (Å²) in [6, 6.07) is 24.7. The molecule has 0 aliphatic heterocycles. The number of amides is 1. The van der Waals surface area contributed by atoms with Gasteiger partial charge in [-0.15, -0.1) is 0 Å². The van der Waals surface area contributed by atoms with E-state index >= 15 is 0 Å². The highest BCUT2D eigenvalue weighted by molar-refractivity contribution is 5.94. The second kappa shape index (κ2) is 8.69. The number of hydrogen-bond acceptors (Lipinski definition) is 2. The van der Waals surface area contributed by atoms with E-state index in [0.717, 1.165) is 12.1 Å². The lowest BCUT2D eigenvalue weighted by atomic mass is 9.96. The molecule has 1 aliphatic rings. The van der Waals surface area contributed by atoms with E-state index in [1.165, 1.54) is 41.3 Å². The maximum Gasteiger partial charge on any atom is 0.217 e. The first kappa shape index (κ1) is 19.5. The smallest absolute Gasteiger partial charge is 0.217 e. The third-order valence-corrected chi connectivity index (χ3v) is 6.26. The molecule has 1 N–H and O–H groups in total. The van der Waals surface area contributed by atoms with Gasteiger partial charge < -0.3 is 10.2 Å². The van der Waals surface area contributed by atoms with Gasteiger partial charge in [0.1, 0.15) is 0 Å². The van der Waals surface area contributed by atoms with E-state index in [2.05, 4.69) is 83.9 Å². The zero-order valence-corrected chi connectivity index (χ0v) is 17.4. The van der Waals surface area contributed by atoms with Gasteiger partial charge in [0.2, 0.25) is 5.91 Å². The minimum atomic E-state index is 0.0146. The normalized spacial score (nSPS) is 18.7. The Morgan fingerprint density at radius 1 is 1.00 bits per heavy atom. The summed E-state index contributed by atoms with van der Waals surface area (Å²) in [7, 11) is 0.